The van der Waals surface area contributed by atoms with E-state index in [-0.39, 0.29) is 6.10 Å². The van der Waals surface area contributed by atoms with Crippen LogP contribution in [0.15, 0.2) is 11.1 Å². The first-order chi connectivity index (χ1) is 11.2. The van der Waals surface area contributed by atoms with E-state index in [1.807, 2.05) is 0 Å². The quantitative estimate of drug-likeness (QED) is 0.510. The van der Waals surface area contributed by atoms with Crippen LogP contribution in [0.5, 0.6) is 0 Å². The first kappa shape index (κ1) is 20.0. The summed E-state index contributed by atoms with van der Waals surface area (Å²) < 4.78 is 0. The van der Waals surface area contributed by atoms with Gasteiger partial charge in [-0.3, -0.25) is 0 Å². The highest BCUT2D eigenvalue weighted by atomic mass is 16.3. The van der Waals surface area contributed by atoms with Crippen LogP contribution in [0.4, 0.5) is 0 Å². The molecule has 1 N–H and O–H groups in total. The van der Waals surface area contributed by atoms with Crippen LogP contribution in [0, 0.1) is 28.6 Å². The lowest BCUT2D eigenvalue weighted by molar-refractivity contribution is 0.0360. The third kappa shape index (κ3) is 3.35. The Kier molecular flexibility index (Phi) is 6.27. The molecule has 140 valence electrons. The van der Waals surface area contributed by atoms with Crippen LogP contribution in [0.2, 0.25) is 0 Å². The molecular formula is C23H42O. The molecule has 5 atom stereocenters. The van der Waals surface area contributed by atoms with Crippen LogP contribution in [-0.4, -0.2) is 11.2 Å². The van der Waals surface area contributed by atoms with Crippen LogP contribution in [0.25, 0.3) is 0 Å². The van der Waals surface area contributed by atoms with Gasteiger partial charge in [0.05, 0.1) is 6.10 Å². The molecule has 2 aliphatic carbocycles. The van der Waals surface area contributed by atoms with Gasteiger partial charge in [-0.15, -0.1) is 0 Å². The zero-order chi connectivity index (χ0) is 18.1. The predicted molar refractivity (Wildman–Crippen MR) is 105 cm³/mol. The van der Waals surface area contributed by atoms with Crippen LogP contribution in [0.1, 0.15) is 99.8 Å². The van der Waals surface area contributed by atoms with Crippen molar-refractivity contribution in [3.05, 3.63) is 11.1 Å². The highest BCUT2D eigenvalue weighted by Gasteiger charge is 2.57. The van der Waals surface area contributed by atoms with E-state index in [1.54, 1.807) is 11.1 Å². The van der Waals surface area contributed by atoms with Crippen molar-refractivity contribution in [1.29, 1.82) is 0 Å². The summed E-state index contributed by atoms with van der Waals surface area (Å²) in [6.45, 7) is 16.6. The Morgan fingerprint density at radius 2 is 1.79 bits per heavy atom. The Bertz CT molecular complexity index is 463. The second-order valence-corrected chi connectivity index (χ2v) is 9.77. The summed E-state index contributed by atoms with van der Waals surface area (Å²) in [5.41, 5.74) is 4.37. The van der Waals surface area contributed by atoms with Gasteiger partial charge in [-0.25, -0.2) is 0 Å². The number of aliphatic hydroxyl groups is 1. The highest BCUT2D eigenvalue weighted by Crippen LogP contribution is 2.67. The molecule has 0 saturated heterocycles. The van der Waals surface area contributed by atoms with E-state index in [0.29, 0.717) is 16.7 Å². The van der Waals surface area contributed by atoms with E-state index in [4.69, 9.17) is 0 Å². The maximum absolute atomic E-state index is 10.2. The lowest BCUT2D eigenvalue weighted by atomic mass is 9.53. The minimum absolute atomic E-state index is 0.128. The Morgan fingerprint density at radius 1 is 1.12 bits per heavy atom. The molecule has 1 fully saturated rings. The van der Waals surface area contributed by atoms with E-state index >= 15 is 0 Å². The maximum Gasteiger partial charge on any atom is 0.0563 e. The topological polar surface area (TPSA) is 20.2 Å². The van der Waals surface area contributed by atoms with Crippen molar-refractivity contribution in [2.45, 2.75) is 106 Å². The van der Waals surface area contributed by atoms with Crippen molar-refractivity contribution >= 4 is 0 Å². The zero-order valence-corrected chi connectivity index (χ0v) is 17.4. The van der Waals surface area contributed by atoms with E-state index in [1.165, 1.54) is 44.9 Å². The fourth-order valence-corrected chi connectivity index (χ4v) is 6.10. The Hall–Kier alpha value is -0.300. The van der Waals surface area contributed by atoms with Crippen molar-refractivity contribution in [2.75, 3.05) is 0 Å². The number of hydrogen-bond acceptors (Lipinski definition) is 1. The van der Waals surface area contributed by atoms with Crippen LogP contribution in [0.3, 0.4) is 0 Å². The molecule has 0 aromatic carbocycles. The van der Waals surface area contributed by atoms with Crippen molar-refractivity contribution in [2.24, 2.45) is 28.6 Å². The summed E-state index contributed by atoms with van der Waals surface area (Å²) in [6.07, 6.45) is 10.0. The number of allylic oxidation sites excluding steroid dienone is 2. The van der Waals surface area contributed by atoms with Crippen LogP contribution < -0.4 is 0 Å². The maximum atomic E-state index is 10.2. The van der Waals surface area contributed by atoms with Crippen molar-refractivity contribution in [3.63, 3.8) is 0 Å². The molecular weight excluding hydrogens is 292 g/mol. The fraction of sp³-hybridized carbons (Fsp3) is 0.913. The summed E-state index contributed by atoms with van der Waals surface area (Å²) in [4.78, 5) is 0. The van der Waals surface area contributed by atoms with Gasteiger partial charge in [0, 0.05) is 0 Å². The van der Waals surface area contributed by atoms with Gasteiger partial charge in [0.1, 0.15) is 0 Å². The third-order valence-electron chi connectivity index (χ3n) is 8.11. The normalized spacial score (nSPS) is 36.1. The molecule has 0 bridgehead atoms. The van der Waals surface area contributed by atoms with Gasteiger partial charge >= 0.3 is 0 Å². The van der Waals surface area contributed by atoms with Gasteiger partial charge in [-0.05, 0) is 80.5 Å². The molecule has 2 aliphatic rings. The Morgan fingerprint density at radius 3 is 2.38 bits per heavy atom. The molecule has 0 heterocycles. The molecule has 0 aromatic heterocycles. The second-order valence-electron chi connectivity index (χ2n) is 9.77. The average Bonchev–Trinajstić information content (AvgIpc) is 2.80. The largest absolute Gasteiger partial charge is 0.393 e. The standard InChI is InChI=1S/C23H42O/c1-8-9-19-18(5)12-14-22(6)20(13-15-23(19,22)7)17(4)10-11-21(24)16(2)3/h16-17,20-21,24H,8-15H2,1-7H3. The summed E-state index contributed by atoms with van der Waals surface area (Å²) in [7, 11) is 0. The number of aliphatic hydroxyl groups excluding tert-OH is 1. The predicted octanol–water partition coefficient (Wildman–Crippen LogP) is 6.75. The second kappa shape index (κ2) is 7.52. The number of hydrogen-bond donors (Lipinski definition) is 1. The molecule has 2 rings (SSSR count). The van der Waals surface area contributed by atoms with E-state index in [2.05, 4.69) is 48.5 Å². The smallest absolute Gasteiger partial charge is 0.0563 e. The van der Waals surface area contributed by atoms with Gasteiger partial charge in [-0.2, -0.15) is 0 Å². The van der Waals surface area contributed by atoms with Gasteiger partial charge in [0.2, 0.25) is 0 Å². The first-order valence-corrected chi connectivity index (χ1v) is 10.5. The lowest BCUT2D eigenvalue weighted by Gasteiger charge is -2.52. The van der Waals surface area contributed by atoms with Crippen molar-refractivity contribution in [1.82, 2.24) is 0 Å². The molecule has 0 aromatic rings. The Balaban J connectivity index is 2.16. The summed E-state index contributed by atoms with van der Waals surface area (Å²) in [6, 6.07) is 0. The van der Waals surface area contributed by atoms with Crippen molar-refractivity contribution in [3.8, 4) is 0 Å². The molecule has 5 unspecified atom stereocenters. The molecule has 0 spiro atoms. The van der Waals surface area contributed by atoms with E-state index in [9.17, 15) is 5.11 Å². The molecule has 1 saturated carbocycles. The minimum atomic E-state index is -0.128. The summed E-state index contributed by atoms with van der Waals surface area (Å²) in [5, 5.41) is 10.2. The van der Waals surface area contributed by atoms with E-state index < -0.39 is 0 Å². The summed E-state index contributed by atoms with van der Waals surface area (Å²) >= 11 is 0. The SMILES string of the molecule is CCCC1=C(C)CCC2(C)C(C(C)CCC(O)C(C)C)CCC12C. The zero-order valence-electron chi connectivity index (χ0n) is 17.4. The molecule has 24 heavy (non-hydrogen) atoms. The summed E-state index contributed by atoms with van der Waals surface area (Å²) in [5.74, 6) is 1.94. The molecule has 0 amide bonds. The van der Waals surface area contributed by atoms with Gasteiger partial charge in [0.25, 0.3) is 0 Å². The molecule has 0 aliphatic heterocycles. The Labute approximate surface area is 151 Å². The molecule has 0 radical (unpaired) electrons. The molecule has 1 heteroatoms. The van der Waals surface area contributed by atoms with Gasteiger partial charge < -0.3 is 5.11 Å². The van der Waals surface area contributed by atoms with Crippen LogP contribution in [-0.2, 0) is 0 Å². The molecule has 1 nitrogen and oxygen atoms in total. The average molecular weight is 335 g/mol. The minimum Gasteiger partial charge on any atom is -0.393 e. The fourth-order valence-electron chi connectivity index (χ4n) is 6.10. The third-order valence-corrected chi connectivity index (χ3v) is 8.11. The van der Waals surface area contributed by atoms with Crippen LogP contribution >= 0.6 is 0 Å². The monoisotopic (exact) mass is 334 g/mol. The number of rotatable bonds is 7. The number of fused-ring (bicyclic) bond motifs is 1. The van der Waals surface area contributed by atoms with Gasteiger partial charge in [-0.1, -0.05) is 59.1 Å². The van der Waals surface area contributed by atoms with Gasteiger partial charge in [0.15, 0.2) is 0 Å². The lowest BCUT2D eigenvalue weighted by Crippen LogP contribution is -2.43. The highest BCUT2D eigenvalue weighted by molar-refractivity contribution is 5.30. The first-order valence-electron chi connectivity index (χ1n) is 10.5. The van der Waals surface area contributed by atoms with Crippen molar-refractivity contribution < 1.29 is 5.11 Å². The van der Waals surface area contributed by atoms with E-state index in [0.717, 1.165) is 18.3 Å².